The third-order valence-electron chi connectivity index (χ3n) is 1.69. The number of ether oxygens (including phenoxy) is 1. The molecule has 2 nitrogen and oxygen atoms in total. The van der Waals surface area contributed by atoms with Gasteiger partial charge in [-0.25, -0.2) is 8.78 Å². The largest absolute Gasteiger partial charge is 0.377 e. The molecule has 0 spiro atoms. The summed E-state index contributed by atoms with van der Waals surface area (Å²) in [5.41, 5.74) is 0. The number of nitrogens with one attached hydrogen (secondary N) is 1. The Morgan fingerprint density at radius 3 is 2.91 bits per heavy atom. The average molecular weight is 165 g/mol. The molecule has 1 N–H and O–H groups in total. The van der Waals surface area contributed by atoms with Crippen LogP contribution in [0.3, 0.4) is 0 Å². The summed E-state index contributed by atoms with van der Waals surface area (Å²) in [5.74, 6) is 0. The van der Waals surface area contributed by atoms with E-state index in [1.165, 1.54) is 0 Å². The Hall–Kier alpha value is -0.220. The highest BCUT2D eigenvalue weighted by atomic mass is 19.3. The lowest BCUT2D eigenvalue weighted by Gasteiger charge is -2.09. The third-order valence-corrected chi connectivity index (χ3v) is 1.69. The quantitative estimate of drug-likeness (QED) is 0.671. The maximum atomic E-state index is 11.6. The van der Waals surface area contributed by atoms with Gasteiger partial charge in [-0.2, -0.15) is 0 Å². The zero-order valence-corrected chi connectivity index (χ0v) is 6.35. The molecule has 1 aliphatic rings. The highest BCUT2D eigenvalue weighted by molar-refractivity contribution is 4.67. The van der Waals surface area contributed by atoms with E-state index in [0.717, 1.165) is 19.4 Å². The minimum Gasteiger partial charge on any atom is -0.377 e. The van der Waals surface area contributed by atoms with Crippen molar-refractivity contribution in [2.45, 2.75) is 25.4 Å². The topological polar surface area (TPSA) is 21.3 Å². The first kappa shape index (κ1) is 8.87. The van der Waals surface area contributed by atoms with Crippen LogP contribution in [-0.2, 0) is 4.74 Å². The molecule has 0 radical (unpaired) electrons. The Labute approximate surface area is 64.9 Å². The monoisotopic (exact) mass is 165 g/mol. The summed E-state index contributed by atoms with van der Waals surface area (Å²) in [5, 5.41) is 2.65. The van der Waals surface area contributed by atoms with Gasteiger partial charge in [0.05, 0.1) is 12.6 Å². The molecule has 1 atom stereocenters. The molecule has 1 saturated heterocycles. The molecule has 66 valence electrons. The van der Waals surface area contributed by atoms with Crippen LogP contribution >= 0.6 is 0 Å². The maximum absolute atomic E-state index is 11.6. The van der Waals surface area contributed by atoms with Crippen LogP contribution in [0.15, 0.2) is 0 Å². The second-order valence-corrected chi connectivity index (χ2v) is 2.68. The summed E-state index contributed by atoms with van der Waals surface area (Å²) in [6.45, 7) is 1.12. The van der Waals surface area contributed by atoms with Crippen molar-refractivity contribution in [3.63, 3.8) is 0 Å². The Balaban J connectivity index is 1.94. The van der Waals surface area contributed by atoms with Gasteiger partial charge in [0, 0.05) is 13.2 Å². The van der Waals surface area contributed by atoms with Gasteiger partial charge < -0.3 is 10.1 Å². The molecule has 0 saturated carbocycles. The molecule has 4 heteroatoms. The van der Waals surface area contributed by atoms with Crippen LogP contribution in [-0.4, -0.2) is 32.2 Å². The molecule has 1 aliphatic heterocycles. The van der Waals surface area contributed by atoms with E-state index in [2.05, 4.69) is 5.32 Å². The van der Waals surface area contributed by atoms with Crippen LogP contribution in [0.4, 0.5) is 8.78 Å². The Bertz CT molecular complexity index is 105. The van der Waals surface area contributed by atoms with Crippen molar-refractivity contribution < 1.29 is 13.5 Å². The molecule has 1 fully saturated rings. The average Bonchev–Trinajstić information content (AvgIpc) is 2.39. The van der Waals surface area contributed by atoms with Crippen molar-refractivity contribution in [1.29, 1.82) is 0 Å². The van der Waals surface area contributed by atoms with Gasteiger partial charge in [-0.15, -0.1) is 0 Å². The molecule has 0 aromatic heterocycles. The molecular formula is C7H13F2NO. The normalized spacial score (nSPS) is 24.8. The van der Waals surface area contributed by atoms with Crippen molar-refractivity contribution in [3.05, 3.63) is 0 Å². The second kappa shape index (κ2) is 4.62. The van der Waals surface area contributed by atoms with Gasteiger partial charge in [0.15, 0.2) is 0 Å². The first-order chi connectivity index (χ1) is 5.29. The summed E-state index contributed by atoms with van der Waals surface area (Å²) in [6, 6.07) is 0. The van der Waals surface area contributed by atoms with E-state index in [-0.39, 0.29) is 12.6 Å². The van der Waals surface area contributed by atoms with Crippen LogP contribution in [0, 0.1) is 0 Å². The molecule has 0 aromatic rings. The van der Waals surface area contributed by atoms with Crippen molar-refractivity contribution in [1.82, 2.24) is 5.32 Å². The van der Waals surface area contributed by atoms with Gasteiger partial charge in [-0.1, -0.05) is 0 Å². The van der Waals surface area contributed by atoms with Crippen LogP contribution in [0.25, 0.3) is 0 Å². The lowest BCUT2D eigenvalue weighted by molar-refractivity contribution is 0.0986. The van der Waals surface area contributed by atoms with Crippen molar-refractivity contribution in [3.8, 4) is 0 Å². The van der Waals surface area contributed by atoms with Crippen molar-refractivity contribution in [2.75, 3.05) is 19.7 Å². The lowest BCUT2D eigenvalue weighted by Crippen LogP contribution is -2.29. The first-order valence-electron chi connectivity index (χ1n) is 3.89. The molecule has 0 aliphatic carbocycles. The number of alkyl halides is 2. The number of halogens is 2. The van der Waals surface area contributed by atoms with Crippen LogP contribution in [0.1, 0.15) is 12.8 Å². The summed E-state index contributed by atoms with van der Waals surface area (Å²) in [7, 11) is 0. The van der Waals surface area contributed by atoms with Gasteiger partial charge in [-0.3, -0.25) is 0 Å². The third kappa shape index (κ3) is 3.62. The lowest BCUT2D eigenvalue weighted by atomic mass is 10.2. The molecule has 0 amide bonds. The standard InChI is InChI=1S/C7H13F2NO/c8-7(9)5-10-4-6-2-1-3-11-6/h6-7,10H,1-5H2/t6-/m1/s1. The predicted octanol–water partition coefficient (Wildman–Crippen LogP) is 1.02. The van der Waals surface area contributed by atoms with Crippen molar-refractivity contribution >= 4 is 0 Å². The van der Waals surface area contributed by atoms with E-state index in [9.17, 15) is 8.78 Å². The SMILES string of the molecule is FC(F)CNC[C@H]1CCCO1. The summed E-state index contributed by atoms with van der Waals surface area (Å²) >= 11 is 0. The fraction of sp³-hybridized carbons (Fsp3) is 1.00. The summed E-state index contributed by atoms with van der Waals surface area (Å²) < 4.78 is 28.4. The van der Waals surface area contributed by atoms with Crippen molar-refractivity contribution in [2.24, 2.45) is 0 Å². The number of hydrogen-bond acceptors (Lipinski definition) is 2. The van der Waals surface area contributed by atoms with Crippen LogP contribution in [0.5, 0.6) is 0 Å². The predicted molar refractivity (Wildman–Crippen MR) is 37.8 cm³/mol. The van der Waals surface area contributed by atoms with Gasteiger partial charge in [0.2, 0.25) is 0 Å². The smallest absolute Gasteiger partial charge is 0.250 e. The fourth-order valence-electron chi connectivity index (χ4n) is 1.16. The molecule has 0 bridgehead atoms. The Kier molecular flexibility index (Phi) is 3.72. The Morgan fingerprint density at radius 1 is 1.55 bits per heavy atom. The van der Waals surface area contributed by atoms with E-state index in [4.69, 9.17) is 4.74 Å². The van der Waals surface area contributed by atoms with Gasteiger partial charge in [0.1, 0.15) is 0 Å². The number of rotatable bonds is 4. The molecule has 11 heavy (non-hydrogen) atoms. The van der Waals surface area contributed by atoms with E-state index < -0.39 is 6.43 Å². The minimum atomic E-state index is -2.25. The van der Waals surface area contributed by atoms with E-state index >= 15 is 0 Å². The molecular weight excluding hydrogens is 152 g/mol. The van der Waals surface area contributed by atoms with E-state index in [1.807, 2.05) is 0 Å². The highest BCUT2D eigenvalue weighted by Gasteiger charge is 2.14. The van der Waals surface area contributed by atoms with Gasteiger partial charge in [0.25, 0.3) is 6.43 Å². The minimum absolute atomic E-state index is 0.161. The fourth-order valence-corrected chi connectivity index (χ4v) is 1.16. The summed E-state index contributed by atoms with van der Waals surface area (Å²) in [4.78, 5) is 0. The molecule has 1 rings (SSSR count). The van der Waals surface area contributed by atoms with Gasteiger partial charge >= 0.3 is 0 Å². The summed E-state index contributed by atoms with van der Waals surface area (Å²) in [6.07, 6.45) is -0.0396. The zero-order valence-electron chi connectivity index (χ0n) is 6.35. The van der Waals surface area contributed by atoms with Gasteiger partial charge in [-0.05, 0) is 12.8 Å². The van der Waals surface area contributed by atoms with Crippen LogP contribution in [0.2, 0.25) is 0 Å². The van der Waals surface area contributed by atoms with E-state index in [0.29, 0.717) is 6.54 Å². The highest BCUT2D eigenvalue weighted by Crippen LogP contribution is 2.10. The molecule has 1 heterocycles. The van der Waals surface area contributed by atoms with Crippen LogP contribution < -0.4 is 5.32 Å². The molecule has 0 aromatic carbocycles. The first-order valence-corrected chi connectivity index (χ1v) is 3.89. The van der Waals surface area contributed by atoms with E-state index in [1.54, 1.807) is 0 Å². The zero-order chi connectivity index (χ0) is 8.10. The number of hydrogen-bond donors (Lipinski definition) is 1. The maximum Gasteiger partial charge on any atom is 0.250 e. The Morgan fingerprint density at radius 2 is 2.36 bits per heavy atom. The second-order valence-electron chi connectivity index (χ2n) is 2.68. The molecule has 0 unspecified atom stereocenters.